The summed E-state index contributed by atoms with van der Waals surface area (Å²) in [7, 11) is 0. The van der Waals surface area contributed by atoms with E-state index in [1.807, 2.05) is 0 Å². The maximum Gasteiger partial charge on any atom is 0.433 e. The first-order valence-corrected chi connectivity index (χ1v) is 14.7. The molecule has 7 nitrogen and oxygen atoms in total. The van der Waals surface area contributed by atoms with Crippen LogP contribution in [0.25, 0.3) is 0 Å². The lowest BCUT2D eigenvalue weighted by Crippen LogP contribution is -2.46. The van der Waals surface area contributed by atoms with Gasteiger partial charge in [0.1, 0.15) is 5.82 Å². The van der Waals surface area contributed by atoms with Crippen molar-refractivity contribution in [2.75, 3.05) is 6.54 Å². The molecule has 2 aromatic rings. The second-order valence-corrected chi connectivity index (χ2v) is 13.4. The molecule has 0 unspecified atom stereocenters. The van der Waals surface area contributed by atoms with E-state index in [1.54, 1.807) is 6.92 Å². The highest BCUT2D eigenvalue weighted by molar-refractivity contribution is 6.36. The number of hydrogen-bond donors (Lipinski definition) is 2. The quantitative estimate of drug-likeness (QED) is 0.304. The first kappa shape index (κ1) is 32.5. The van der Waals surface area contributed by atoms with E-state index >= 15 is 0 Å². The topological polar surface area (TPSA) is 95.7 Å². The first-order valence-electron chi connectivity index (χ1n) is 13.9. The summed E-state index contributed by atoms with van der Waals surface area (Å²) in [6.45, 7) is 5.31. The second kappa shape index (κ2) is 12.0. The Morgan fingerprint density at radius 1 is 1.07 bits per heavy atom. The van der Waals surface area contributed by atoms with E-state index in [1.165, 1.54) is 4.90 Å². The number of carboxylic acid groups (broad SMARTS) is 1. The van der Waals surface area contributed by atoms with E-state index in [0.29, 0.717) is 25.7 Å². The van der Waals surface area contributed by atoms with E-state index < -0.39 is 65.3 Å². The molecule has 2 saturated carbocycles. The minimum absolute atomic E-state index is 0.0130. The summed E-state index contributed by atoms with van der Waals surface area (Å²) in [4.78, 5) is 26.9. The van der Waals surface area contributed by atoms with Crippen LogP contribution in [-0.2, 0) is 11.0 Å². The van der Waals surface area contributed by atoms with Crippen LogP contribution in [0.4, 0.5) is 17.6 Å². The third-order valence-corrected chi connectivity index (χ3v) is 9.60. The number of nitrogens with zero attached hydrogens (tertiary/aromatic N) is 3. The zero-order chi connectivity index (χ0) is 31.2. The molecule has 0 bridgehead atoms. The van der Waals surface area contributed by atoms with E-state index in [0.717, 1.165) is 23.0 Å². The molecule has 1 heterocycles. The number of hydrogen-bond acceptors (Lipinski definition) is 4. The van der Waals surface area contributed by atoms with Gasteiger partial charge in [-0.3, -0.25) is 14.3 Å². The molecule has 1 aromatic carbocycles. The molecule has 13 heteroatoms. The number of alkyl halides is 3. The molecule has 2 N–H and O–H groups in total. The van der Waals surface area contributed by atoms with Gasteiger partial charge in [-0.15, -0.1) is 0 Å². The fourth-order valence-electron chi connectivity index (χ4n) is 6.17. The Morgan fingerprint density at radius 2 is 1.62 bits per heavy atom. The van der Waals surface area contributed by atoms with Crippen molar-refractivity contribution in [1.82, 2.24) is 14.7 Å². The lowest BCUT2D eigenvalue weighted by Gasteiger charge is -2.41. The van der Waals surface area contributed by atoms with E-state index in [9.17, 15) is 37.4 Å². The van der Waals surface area contributed by atoms with E-state index in [-0.39, 0.29) is 46.7 Å². The number of carboxylic acids is 1. The van der Waals surface area contributed by atoms with Gasteiger partial charge in [-0.1, -0.05) is 37.0 Å². The Balaban J connectivity index is 1.70. The third-order valence-electron chi connectivity index (χ3n) is 8.97. The molecule has 1 aromatic heterocycles. The molecule has 4 rings (SSSR count). The second-order valence-electron chi connectivity index (χ2n) is 12.6. The monoisotopic (exact) mass is 635 g/mol. The van der Waals surface area contributed by atoms with Gasteiger partial charge in [0.25, 0.3) is 5.91 Å². The molecule has 2 aliphatic rings. The number of benzene rings is 1. The van der Waals surface area contributed by atoms with Gasteiger partial charge in [0.2, 0.25) is 0 Å². The van der Waals surface area contributed by atoms with Crippen LogP contribution in [0.5, 0.6) is 0 Å². The molecule has 0 spiro atoms. The van der Waals surface area contributed by atoms with Crippen LogP contribution in [0.3, 0.4) is 0 Å². The maximum atomic E-state index is 14.6. The number of carbonyl (C=O) groups excluding carboxylic acids is 1. The van der Waals surface area contributed by atoms with Crippen LogP contribution in [0.15, 0.2) is 18.3 Å². The molecule has 2 aliphatic carbocycles. The fraction of sp³-hybridized carbons (Fsp3) is 0.621. The van der Waals surface area contributed by atoms with Crippen molar-refractivity contribution in [3.8, 4) is 0 Å². The molecule has 1 amide bonds. The van der Waals surface area contributed by atoms with Gasteiger partial charge >= 0.3 is 12.1 Å². The Bertz CT molecular complexity index is 1310. The summed E-state index contributed by atoms with van der Waals surface area (Å²) in [5.74, 6) is -2.67. The van der Waals surface area contributed by atoms with Crippen molar-refractivity contribution in [3.63, 3.8) is 0 Å². The van der Waals surface area contributed by atoms with Crippen LogP contribution < -0.4 is 0 Å². The number of amides is 1. The summed E-state index contributed by atoms with van der Waals surface area (Å²) in [5.41, 5.74) is -2.93. The highest BCUT2D eigenvalue weighted by atomic mass is 35.5. The highest BCUT2D eigenvalue weighted by Gasteiger charge is 2.46. The van der Waals surface area contributed by atoms with Gasteiger partial charge in [-0.05, 0) is 75.8 Å². The summed E-state index contributed by atoms with van der Waals surface area (Å²) in [5, 5.41) is 24.3. The van der Waals surface area contributed by atoms with Gasteiger partial charge in [0, 0.05) is 11.6 Å². The van der Waals surface area contributed by atoms with Gasteiger partial charge in [-0.2, -0.15) is 18.3 Å². The lowest BCUT2D eigenvalue weighted by molar-refractivity contribution is -0.152. The SMILES string of the molecule is CC1(C)CCC(N(C[C@H](O)c2c(Cl)cc(F)cc2Cl)C(=O)c2cnn([C@H]3CC[C@](C)(C(=O)O)CC3)c2C(F)(F)F)CC1. The molecule has 0 saturated heterocycles. The normalized spacial score (nSPS) is 23.9. The molecule has 1 atom stereocenters. The van der Waals surface area contributed by atoms with Gasteiger partial charge in [0.05, 0.1) is 45.9 Å². The maximum absolute atomic E-state index is 14.6. The number of aliphatic carboxylic acids is 1. The standard InChI is InChI=1S/C29H35Cl2F4N3O4/c1-27(2)8-4-17(5-9-27)37(15-22(39)23-20(30)12-16(32)13-21(23)31)25(40)19-14-36-38(24(19)29(33,34)35)18-6-10-28(3,11-7-18)26(41)42/h12-14,17-18,22,39H,4-11,15H2,1-3H3,(H,41,42)/t18-,22-,28-/m0/s1. The number of carbonyl (C=O) groups is 2. The average Bonchev–Trinajstić information content (AvgIpc) is 3.33. The number of rotatable bonds is 7. The summed E-state index contributed by atoms with van der Waals surface area (Å²) < 4.78 is 58.3. The third kappa shape index (κ3) is 6.73. The zero-order valence-electron chi connectivity index (χ0n) is 23.6. The van der Waals surface area contributed by atoms with E-state index in [4.69, 9.17) is 23.2 Å². The van der Waals surface area contributed by atoms with E-state index in [2.05, 4.69) is 18.9 Å². The van der Waals surface area contributed by atoms with Crippen LogP contribution in [0.1, 0.15) is 106 Å². The summed E-state index contributed by atoms with van der Waals surface area (Å²) in [6.07, 6.45) is -2.45. The number of aromatic nitrogens is 2. The molecule has 232 valence electrons. The zero-order valence-corrected chi connectivity index (χ0v) is 25.2. The minimum atomic E-state index is -4.93. The van der Waals surface area contributed by atoms with Crippen LogP contribution in [0, 0.1) is 16.6 Å². The number of aliphatic hydroxyl groups excluding tert-OH is 1. The van der Waals surface area contributed by atoms with Crippen LogP contribution in [0.2, 0.25) is 10.0 Å². The van der Waals surface area contributed by atoms with Gasteiger partial charge in [0.15, 0.2) is 5.69 Å². The van der Waals surface area contributed by atoms with Crippen molar-refractivity contribution in [2.24, 2.45) is 10.8 Å². The van der Waals surface area contributed by atoms with Crippen LogP contribution >= 0.6 is 23.2 Å². The molecular formula is C29H35Cl2F4N3O4. The van der Waals surface area contributed by atoms with Crippen molar-refractivity contribution >= 4 is 35.1 Å². The number of halogens is 6. The summed E-state index contributed by atoms with van der Waals surface area (Å²) in [6, 6.07) is 0.717. The Morgan fingerprint density at radius 3 is 2.12 bits per heavy atom. The van der Waals surface area contributed by atoms with Crippen molar-refractivity contribution < 1.29 is 37.4 Å². The highest BCUT2D eigenvalue weighted by Crippen LogP contribution is 2.44. The first-order chi connectivity index (χ1) is 19.4. The molecule has 0 radical (unpaired) electrons. The fourth-order valence-corrected chi connectivity index (χ4v) is 6.89. The van der Waals surface area contributed by atoms with Crippen LogP contribution in [-0.4, -0.2) is 49.4 Å². The Kier molecular flexibility index (Phi) is 9.27. The Hall–Kier alpha value is -2.37. The van der Waals surface area contributed by atoms with Crippen molar-refractivity contribution in [1.29, 1.82) is 0 Å². The predicted molar refractivity (Wildman–Crippen MR) is 149 cm³/mol. The largest absolute Gasteiger partial charge is 0.481 e. The summed E-state index contributed by atoms with van der Waals surface area (Å²) >= 11 is 12.3. The molecule has 42 heavy (non-hydrogen) atoms. The van der Waals surface area contributed by atoms with Gasteiger partial charge < -0.3 is 15.1 Å². The molecule has 0 aliphatic heterocycles. The van der Waals surface area contributed by atoms with Crippen molar-refractivity contribution in [3.05, 3.63) is 51.0 Å². The average molecular weight is 637 g/mol. The lowest BCUT2D eigenvalue weighted by atomic mass is 9.74. The number of aliphatic hydroxyl groups is 1. The Labute approximate surface area is 251 Å². The smallest absolute Gasteiger partial charge is 0.433 e. The van der Waals surface area contributed by atoms with Crippen molar-refractivity contribution in [2.45, 2.75) is 96.5 Å². The predicted octanol–water partition coefficient (Wildman–Crippen LogP) is 7.70. The minimum Gasteiger partial charge on any atom is -0.481 e. The molecule has 2 fully saturated rings. The molecular weight excluding hydrogens is 601 g/mol. The van der Waals surface area contributed by atoms with Gasteiger partial charge in [-0.25, -0.2) is 4.39 Å².